The normalized spacial score (nSPS) is 11.2. The molecule has 4 aromatic carbocycles. The molecule has 2 nitrogen and oxygen atoms in total. The molecule has 5 rings (SSSR count). The third-order valence-electron chi connectivity index (χ3n) is 5.41. The Hall–Kier alpha value is -3.65. The van der Waals surface area contributed by atoms with Crippen molar-refractivity contribution in [1.29, 1.82) is 0 Å². The van der Waals surface area contributed by atoms with E-state index in [0.717, 1.165) is 17.5 Å². The summed E-state index contributed by atoms with van der Waals surface area (Å²) in [6.07, 6.45) is 1.48. The fourth-order valence-corrected chi connectivity index (χ4v) is 3.98. The monoisotopic (exact) mass is 376 g/mol. The van der Waals surface area contributed by atoms with E-state index in [9.17, 15) is 4.79 Å². The molecule has 0 aliphatic carbocycles. The Labute approximate surface area is 169 Å². The van der Waals surface area contributed by atoms with E-state index in [-0.39, 0.29) is 5.43 Å². The van der Waals surface area contributed by atoms with Crippen LogP contribution in [0.25, 0.3) is 21.9 Å². The Kier molecular flexibility index (Phi) is 4.45. The highest BCUT2D eigenvalue weighted by molar-refractivity contribution is 5.92. The lowest BCUT2D eigenvalue weighted by atomic mass is 9.91. The van der Waals surface area contributed by atoms with Crippen LogP contribution in [0.5, 0.6) is 0 Å². The van der Waals surface area contributed by atoms with Crippen LogP contribution in [-0.4, -0.2) is 0 Å². The molecule has 1 heterocycles. The largest absolute Gasteiger partial charge is 0.456 e. The number of para-hydroxylation sites is 1. The first kappa shape index (κ1) is 17.4. The second kappa shape index (κ2) is 7.40. The summed E-state index contributed by atoms with van der Waals surface area (Å²) >= 11 is 0. The molecule has 1 aromatic heterocycles. The highest BCUT2D eigenvalue weighted by Gasteiger charge is 2.16. The molecule has 0 aliphatic heterocycles. The molecule has 0 radical (unpaired) electrons. The average Bonchev–Trinajstić information content (AvgIpc) is 2.77. The number of hydrogen-bond donors (Lipinski definition) is 0. The topological polar surface area (TPSA) is 30.2 Å². The molecule has 0 aliphatic rings. The summed E-state index contributed by atoms with van der Waals surface area (Å²) in [7, 11) is 0. The zero-order valence-corrected chi connectivity index (χ0v) is 16.0. The molecule has 0 saturated carbocycles. The van der Waals surface area contributed by atoms with Crippen molar-refractivity contribution >= 4 is 21.9 Å². The van der Waals surface area contributed by atoms with Crippen molar-refractivity contribution in [3.63, 3.8) is 0 Å². The summed E-state index contributed by atoms with van der Waals surface area (Å²) in [5, 5.41) is 1.33. The van der Waals surface area contributed by atoms with Gasteiger partial charge in [0.15, 0.2) is 0 Å². The van der Waals surface area contributed by atoms with Crippen LogP contribution < -0.4 is 5.43 Å². The highest BCUT2D eigenvalue weighted by atomic mass is 16.3. The molecule has 0 bridgehead atoms. The van der Waals surface area contributed by atoms with E-state index in [2.05, 4.69) is 42.5 Å². The minimum absolute atomic E-state index is 0.0442. The third kappa shape index (κ3) is 3.34. The maximum Gasteiger partial charge on any atom is 0.200 e. The number of hydrogen-bond acceptors (Lipinski definition) is 2. The van der Waals surface area contributed by atoms with Crippen LogP contribution in [0, 0.1) is 0 Å². The van der Waals surface area contributed by atoms with Crippen molar-refractivity contribution in [2.75, 3.05) is 0 Å². The molecule has 5 aromatic rings. The van der Waals surface area contributed by atoms with Gasteiger partial charge in [-0.2, -0.15) is 0 Å². The minimum Gasteiger partial charge on any atom is -0.456 e. The SMILES string of the molecule is O=c1c2ccccc2oc2ccc(Cc3ccccc3)c(Cc3ccccc3)c12. The van der Waals surface area contributed by atoms with E-state index in [1.807, 2.05) is 54.6 Å². The molecule has 0 spiro atoms. The Morgan fingerprint density at radius 3 is 1.93 bits per heavy atom. The van der Waals surface area contributed by atoms with Crippen LogP contribution in [0.15, 0.2) is 106 Å². The standard InChI is InChI=1S/C27H20O2/c28-27-22-13-7-8-14-24(22)29-25-16-15-21(17-19-9-3-1-4-10-19)23(26(25)27)18-20-11-5-2-6-12-20/h1-16H,17-18H2. The maximum absolute atomic E-state index is 13.4. The van der Waals surface area contributed by atoms with Crippen LogP contribution in [-0.2, 0) is 12.8 Å². The van der Waals surface area contributed by atoms with E-state index >= 15 is 0 Å². The van der Waals surface area contributed by atoms with Gasteiger partial charge >= 0.3 is 0 Å². The Bertz CT molecular complexity index is 1350. The number of rotatable bonds is 4. The van der Waals surface area contributed by atoms with Gasteiger partial charge in [-0.05, 0) is 53.3 Å². The van der Waals surface area contributed by atoms with Crippen molar-refractivity contribution in [3.05, 3.63) is 130 Å². The molecule has 29 heavy (non-hydrogen) atoms. The molecule has 2 heteroatoms. The predicted molar refractivity (Wildman–Crippen MR) is 118 cm³/mol. The molecule has 0 amide bonds. The van der Waals surface area contributed by atoms with Gasteiger partial charge in [-0.25, -0.2) is 0 Å². The zero-order chi connectivity index (χ0) is 19.6. The molecular formula is C27H20O2. The third-order valence-corrected chi connectivity index (χ3v) is 5.41. The van der Waals surface area contributed by atoms with Crippen molar-refractivity contribution < 1.29 is 4.42 Å². The summed E-state index contributed by atoms with van der Waals surface area (Å²) in [5.41, 5.74) is 5.95. The van der Waals surface area contributed by atoms with Crippen LogP contribution in [0.3, 0.4) is 0 Å². The van der Waals surface area contributed by atoms with Gasteiger partial charge in [-0.1, -0.05) is 78.9 Å². The lowest BCUT2D eigenvalue weighted by molar-refractivity contribution is 0.659. The van der Waals surface area contributed by atoms with Gasteiger partial charge in [0.1, 0.15) is 11.2 Å². The first-order valence-corrected chi connectivity index (χ1v) is 9.84. The smallest absolute Gasteiger partial charge is 0.200 e. The molecular weight excluding hydrogens is 356 g/mol. The van der Waals surface area contributed by atoms with Crippen LogP contribution in [0.1, 0.15) is 22.3 Å². The summed E-state index contributed by atoms with van der Waals surface area (Å²) in [6.45, 7) is 0. The Morgan fingerprint density at radius 1 is 0.586 bits per heavy atom. The highest BCUT2D eigenvalue weighted by Crippen LogP contribution is 2.27. The first-order valence-electron chi connectivity index (χ1n) is 9.84. The second-order valence-corrected chi connectivity index (χ2v) is 7.33. The minimum atomic E-state index is 0.0442. The lowest BCUT2D eigenvalue weighted by Crippen LogP contribution is -2.08. The van der Waals surface area contributed by atoms with Gasteiger partial charge in [0.05, 0.1) is 10.8 Å². The summed E-state index contributed by atoms with van der Waals surface area (Å²) in [6, 6.07) is 32.2. The average molecular weight is 376 g/mol. The Balaban J connectivity index is 1.77. The number of fused-ring (bicyclic) bond motifs is 2. The maximum atomic E-state index is 13.4. The number of benzene rings is 4. The second-order valence-electron chi connectivity index (χ2n) is 7.33. The molecule has 0 N–H and O–H groups in total. The quantitative estimate of drug-likeness (QED) is 0.353. The van der Waals surface area contributed by atoms with Gasteiger partial charge in [0.2, 0.25) is 5.43 Å². The van der Waals surface area contributed by atoms with Crippen LogP contribution in [0.4, 0.5) is 0 Å². The van der Waals surface area contributed by atoms with E-state index in [4.69, 9.17) is 4.42 Å². The van der Waals surface area contributed by atoms with E-state index in [1.54, 1.807) is 0 Å². The van der Waals surface area contributed by atoms with Crippen molar-refractivity contribution in [3.8, 4) is 0 Å². The van der Waals surface area contributed by atoms with Gasteiger partial charge in [-0.15, -0.1) is 0 Å². The Morgan fingerprint density at radius 2 is 1.21 bits per heavy atom. The van der Waals surface area contributed by atoms with Gasteiger partial charge < -0.3 is 4.42 Å². The van der Waals surface area contributed by atoms with Crippen molar-refractivity contribution in [1.82, 2.24) is 0 Å². The van der Waals surface area contributed by atoms with Gasteiger partial charge in [0.25, 0.3) is 0 Å². The molecule has 0 atom stereocenters. The molecule has 0 unspecified atom stereocenters. The predicted octanol–water partition coefficient (Wildman–Crippen LogP) is 6.13. The van der Waals surface area contributed by atoms with Crippen LogP contribution >= 0.6 is 0 Å². The van der Waals surface area contributed by atoms with Crippen molar-refractivity contribution in [2.45, 2.75) is 12.8 Å². The van der Waals surface area contributed by atoms with Gasteiger partial charge in [-0.3, -0.25) is 4.79 Å². The summed E-state index contributed by atoms with van der Waals surface area (Å²) < 4.78 is 6.11. The summed E-state index contributed by atoms with van der Waals surface area (Å²) in [5.74, 6) is 0. The lowest BCUT2D eigenvalue weighted by Gasteiger charge is -2.14. The van der Waals surface area contributed by atoms with E-state index < -0.39 is 0 Å². The van der Waals surface area contributed by atoms with E-state index in [1.165, 1.54) is 11.1 Å². The van der Waals surface area contributed by atoms with E-state index in [0.29, 0.717) is 28.4 Å². The molecule has 0 fully saturated rings. The van der Waals surface area contributed by atoms with Crippen LogP contribution in [0.2, 0.25) is 0 Å². The van der Waals surface area contributed by atoms with Gasteiger partial charge in [0, 0.05) is 0 Å². The zero-order valence-electron chi connectivity index (χ0n) is 16.0. The fourth-order valence-electron chi connectivity index (χ4n) is 3.98. The molecule has 140 valence electrons. The molecule has 0 saturated heterocycles. The summed E-state index contributed by atoms with van der Waals surface area (Å²) in [4.78, 5) is 13.4. The fraction of sp³-hybridized carbons (Fsp3) is 0.0741. The first-order chi connectivity index (χ1) is 14.3. The van der Waals surface area contributed by atoms with Crippen molar-refractivity contribution in [2.24, 2.45) is 0 Å².